The van der Waals surface area contributed by atoms with E-state index in [1.54, 1.807) is 18.7 Å². The van der Waals surface area contributed by atoms with Gasteiger partial charge in [-0.15, -0.1) is 0 Å². The summed E-state index contributed by atoms with van der Waals surface area (Å²) < 4.78 is 28.9. The maximum atomic E-state index is 13.7. The summed E-state index contributed by atoms with van der Waals surface area (Å²) in [5, 5.41) is 3.25. The Balaban J connectivity index is 1.42. The lowest BCUT2D eigenvalue weighted by Crippen LogP contribution is -2.45. The Kier molecular flexibility index (Phi) is 8.58. The molecule has 9 heteroatoms. The minimum Gasteiger partial charge on any atom is -0.361 e. The van der Waals surface area contributed by atoms with E-state index in [1.807, 2.05) is 0 Å². The van der Waals surface area contributed by atoms with Crippen LogP contribution in [0.25, 0.3) is 0 Å². The van der Waals surface area contributed by atoms with Crippen molar-refractivity contribution in [1.82, 2.24) is 19.5 Å². The third kappa shape index (κ3) is 5.93. The maximum Gasteiger partial charge on any atom is 0.257 e. The van der Waals surface area contributed by atoms with Crippen LogP contribution >= 0.6 is 0 Å². The summed E-state index contributed by atoms with van der Waals surface area (Å²) in [6.07, 6.45) is 12.2. The van der Waals surface area contributed by atoms with Gasteiger partial charge in [-0.05, 0) is 58.8 Å². The molecular formula is C26H42N4O4S. The molecule has 0 spiro atoms. The molecule has 3 fully saturated rings. The summed E-state index contributed by atoms with van der Waals surface area (Å²) >= 11 is 0. The highest BCUT2D eigenvalue weighted by atomic mass is 32.2. The summed E-state index contributed by atoms with van der Waals surface area (Å²) in [4.78, 5) is 31.3. The van der Waals surface area contributed by atoms with Crippen LogP contribution < -0.4 is 5.32 Å². The molecule has 0 atom stereocenters. The summed E-state index contributed by atoms with van der Waals surface area (Å²) in [6.45, 7) is 5.43. The Morgan fingerprint density at radius 1 is 0.800 bits per heavy atom. The lowest BCUT2D eigenvalue weighted by atomic mass is 9.94. The van der Waals surface area contributed by atoms with E-state index in [2.05, 4.69) is 10.3 Å². The number of carbonyl (C=O) groups is 2. The molecule has 2 N–H and O–H groups in total. The smallest absolute Gasteiger partial charge is 0.257 e. The third-order valence-corrected chi connectivity index (χ3v) is 10.1. The Bertz CT molecular complexity index is 997. The fourth-order valence-electron chi connectivity index (χ4n) is 6.00. The second-order valence-corrected chi connectivity index (χ2v) is 12.5. The lowest BCUT2D eigenvalue weighted by Gasteiger charge is -2.32. The number of aryl methyl sites for hydroxylation is 2. The van der Waals surface area contributed by atoms with Gasteiger partial charge in [-0.25, -0.2) is 8.42 Å². The normalized spacial score (nSPS) is 21.9. The van der Waals surface area contributed by atoms with E-state index in [9.17, 15) is 18.0 Å². The van der Waals surface area contributed by atoms with E-state index in [-0.39, 0.29) is 34.2 Å². The van der Waals surface area contributed by atoms with Gasteiger partial charge in [0.15, 0.2) is 0 Å². The first-order valence-corrected chi connectivity index (χ1v) is 15.0. The van der Waals surface area contributed by atoms with E-state index in [1.165, 1.54) is 23.6 Å². The number of nitrogens with zero attached hydrogens (tertiary/aromatic N) is 2. The van der Waals surface area contributed by atoms with Crippen LogP contribution in [0.15, 0.2) is 4.90 Å². The van der Waals surface area contributed by atoms with Crippen molar-refractivity contribution in [2.75, 3.05) is 26.2 Å². The molecule has 1 saturated carbocycles. The van der Waals surface area contributed by atoms with Gasteiger partial charge in [-0.3, -0.25) is 9.59 Å². The average molecular weight is 507 g/mol. The molecule has 2 aliphatic heterocycles. The van der Waals surface area contributed by atoms with Crippen LogP contribution in [0.4, 0.5) is 0 Å². The fourth-order valence-corrected chi connectivity index (χ4v) is 7.89. The van der Waals surface area contributed by atoms with Gasteiger partial charge in [0, 0.05) is 49.5 Å². The predicted molar refractivity (Wildman–Crippen MR) is 136 cm³/mol. The van der Waals surface area contributed by atoms with E-state index in [4.69, 9.17) is 0 Å². The number of likely N-dealkylation sites (tertiary alicyclic amines) is 1. The van der Waals surface area contributed by atoms with Crippen LogP contribution in [-0.2, 0) is 14.8 Å². The molecule has 0 aromatic carbocycles. The van der Waals surface area contributed by atoms with Crippen LogP contribution in [0.5, 0.6) is 0 Å². The molecule has 0 radical (unpaired) electrons. The van der Waals surface area contributed by atoms with Gasteiger partial charge in [-0.2, -0.15) is 4.31 Å². The molecule has 196 valence electrons. The highest BCUT2D eigenvalue weighted by Gasteiger charge is 2.38. The Labute approximate surface area is 210 Å². The number of aromatic nitrogens is 1. The van der Waals surface area contributed by atoms with Crippen LogP contribution in [0.1, 0.15) is 98.8 Å². The molecule has 0 unspecified atom stereocenters. The molecule has 1 aromatic rings. The van der Waals surface area contributed by atoms with Gasteiger partial charge < -0.3 is 15.2 Å². The first kappa shape index (κ1) is 26.2. The number of hydrogen-bond donors (Lipinski definition) is 2. The van der Waals surface area contributed by atoms with E-state index in [0.717, 1.165) is 44.9 Å². The van der Waals surface area contributed by atoms with Crippen LogP contribution in [0.2, 0.25) is 0 Å². The molecule has 8 nitrogen and oxygen atoms in total. The van der Waals surface area contributed by atoms with Gasteiger partial charge in [0.1, 0.15) is 4.90 Å². The van der Waals surface area contributed by atoms with Crippen molar-refractivity contribution in [2.45, 2.75) is 102 Å². The van der Waals surface area contributed by atoms with Gasteiger partial charge in [0.25, 0.3) is 5.91 Å². The summed E-state index contributed by atoms with van der Waals surface area (Å²) in [7, 11) is -3.85. The van der Waals surface area contributed by atoms with E-state index >= 15 is 0 Å². The Morgan fingerprint density at radius 2 is 1.37 bits per heavy atom. The molecule has 4 rings (SSSR count). The zero-order valence-corrected chi connectivity index (χ0v) is 22.2. The monoisotopic (exact) mass is 506 g/mol. The topological polar surface area (TPSA) is 103 Å². The van der Waals surface area contributed by atoms with Gasteiger partial charge in [0.2, 0.25) is 15.9 Å². The molecular weight excluding hydrogens is 464 g/mol. The molecule has 3 heterocycles. The van der Waals surface area contributed by atoms with Gasteiger partial charge >= 0.3 is 0 Å². The number of aromatic amines is 1. The van der Waals surface area contributed by atoms with E-state index in [0.29, 0.717) is 50.4 Å². The van der Waals surface area contributed by atoms with Crippen LogP contribution in [0.3, 0.4) is 0 Å². The highest BCUT2D eigenvalue weighted by molar-refractivity contribution is 7.89. The molecule has 35 heavy (non-hydrogen) atoms. The zero-order valence-electron chi connectivity index (χ0n) is 21.4. The molecule has 0 bridgehead atoms. The summed E-state index contributed by atoms with van der Waals surface area (Å²) in [5.74, 6) is -0.281. The largest absolute Gasteiger partial charge is 0.361 e. The van der Waals surface area contributed by atoms with Crippen molar-refractivity contribution in [2.24, 2.45) is 5.92 Å². The number of carbonyl (C=O) groups excluding carboxylic acids is 2. The van der Waals surface area contributed by atoms with Crippen molar-refractivity contribution in [1.29, 1.82) is 0 Å². The summed E-state index contributed by atoms with van der Waals surface area (Å²) in [5.41, 5.74) is 1.39. The number of piperidine rings is 2. The molecule has 1 aliphatic carbocycles. The maximum absolute atomic E-state index is 13.7. The quantitative estimate of drug-likeness (QED) is 0.632. The first-order chi connectivity index (χ1) is 16.8. The van der Waals surface area contributed by atoms with Crippen molar-refractivity contribution >= 4 is 21.8 Å². The van der Waals surface area contributed by atoms with Crippen LogP contribution in [-0.4, -0.2) is 66.6 Å². The number of nitrogens with one attached hydrogen (secondary N) is 2. The molecule has 2 saturated heterocycles. The molecule has 1 aromatic heterocycles. The number of H-pyrrole nitrogens is 1. The third-order valence-electron chi connectivity index (χ3n) is 8.05. The van der Waals surface area contributed by atoms with Crippen molar-refractivity contribution < 1.29 is 18.0 Å². The van der Waals surface area contributed by atoms with Gasteiger partial charge in [0.05, 0.1) is 5.56 Å². The fraction of sp³-hybridized carbons (Fsp3) is 0.769. The number of hydrogen-bond acceptors (Lipinski definition) is 4. The second-order valence-electron chi connectivity index (χ2n) is 10.7. The van der Waals surface area contributed by atoms with Crippen molar-refractivity contribution in [3.63, 3.8) is 0 Å². The van der Waals surface area contributed by atoms with Crippen LogP contribution in [0, 0.1) is 19.8 Å². The van der Waals surface area contributed by atoms with Gasteiger partial charge in [-0.1, -0.05) is 32.1 Å². The lowest BCUT2D eigenvalue weighted by molar-refractivity contribution is -0.127. The first-order valence-electron chi connectivity index (χ1n) is 13.6. The highest BCUT2D eigenvalue weighted by Crippen LogP contribution is 2.31. The minimum atomic E-state index is -3.85. The van der Waals surface area contributed by atoms with Crippen molar-refractivity contribution in [3.05, 3.63) is 17.0 Å². The Morgan fingerprint density at radius 3 is 2.00 bits per heavy atom. The molecule has 3 aliphatic rings. The Hall–Kier alpha value is -1.87. The second kappa shape index (κ2) is 11.5. The van der Waals surface area contributed by atoms with Crippen molar-refractivity contribution in [3.8, 4) is 0 Å². The minimum absolute atomic E-state index is 0.0715. The predicted octanol–water partition coefficient (Wildman–Crippen LogP) is 3.89. The average Bonchev–Trinajstić information content (AvgIpc) is 3.15. The zero-order chi connectivity index (χ0) is 25.0. The molecule has 2 amide bonds. The number of sulfonamides is 1. The van der Waals surface area contributed by atoms with E-state index < -0.39 is 10.0 Å². The summed E-state index contributed by atoms with van der Waals surface area (Å²) in [6, 6.07) is 0.249. The number of rotatable bonds is 5. The number of amides is 2. The standard InChI is InChI=1S/C26H42N4O4S/c1-19-23(26(32)29-15-9-6-10-16-29)24(20(2)27-19)35(33,34)30-17-13-21(14-18-30)25(31)28-22-11-7-4-3-5-8-12-22/h21-22,27H,3-18H2,1-2H3,(H,28,31). The SMILES string of the molecule is Cc1[nH]c(C)c(S(=O)(=O)N2CCC(C(=O)NC3CCCCCCC3)CC2)c1C(=O)N1CCCCC1.